The van der Waals surface area contributed by atoms with Gasteiger partial charge in [-0.15, -0.1) is 0 Å². The predicted octanol–water partition coefficient (Wildman–Crippen LogP) is 3.91. The number of ether oxygens (including phenoxy) is 3. The summed E-state index contributed by atoms with van der Waals surface area (Å²) in [4.78, 5) is 16.8. The molecule has 0 spiro atoms. The normalized spacial score (nSPS) is 11.6. The summed E-state index contributed by atoms with van der Waals surface area (Å²) in [6.45, 7) is 1.74. The molecule has 3 rings (SSSR count). The SMILES string of the molecule is COc1cc(-c2noc([C@H](C)NC(=O)c3ccccc3Cl)n2)cc(OC)c1OC. The van der Waals surface area contributed by atoms with Gasteiger partial charge in [-0.3, -0.25) is 4.79 Å². The molecular weight excluding hydrogens is 398 g/mol. The van der Waals surface area contributed by atoms with Gasteiger partial charge in [0.15, 0.2) is 11.5 Å². The highest BCUT2D eigenvalue weighted by Crippen LogP contribution is 2.40. The Balaban J connectivity index is 1.83. The van der Waals surface area contributed by atoms with E-state index < -0.39 is 6.04 Å². The molecular formula is C20H20ClN3O5. The van der Waals surface area contributed by atoms with Gasteiger partial charge in [0.25, 0.3) is 5.91 Å². The van der Waals surface area contributed by atoms with Crippen LogP contribution in [0.5, 0.6) is 17.2 Å². The molecule has 9 heteroatoms. The van der Waals surface area contributed by atoms with Crippen molar-refractivity contribution in [3.05, 3.63) is 52.9 Å². The third-order valence-electron chi connectivity index (χ3n) is 4.20. The first kappa shape index (κ1) is 20.5. The topological polar surface area (TPSA) is 95.7 Å². The fourth-order valence-electron chi connectivity index (χ4n) is 2.72. The lowest BCUT2D eigenvalue weighted by Crippen LogP contribution is -2.27. The molecule has 0 radical (unpaired) electrons. The summed E-state index contributed by atoms with van der Waals surface area (Å²) in [7, 11) is 4.57. The molecule has 0 bridgehead atoms. The van der Waals surface area contributed by atoms with Crippen molar-refractivity contribution in [2.75, 3.05) is 21.3 Å². The lowest BCUT2D eigenvalue weighted by atomic mass is 10.1. The Morgan fingerprint density at radius 1 is 1.10 bits per heavy atom. The molecule has 1 aromatic heterocycles. The van der Waals surface area contributed by atoms with Gasteiger partial charge in [-0.2, -0.15) is 4.98 Å². The average molecular weight is 418 g/mol. The van der Waals surface area contributed by atoms with Gasteiger partial charge in [-0.05, 0) is 31.2 Å². The molecule has 2 aromatic carbocycles. The van der Waals surface area contributed by atoms with E-state index in [1.165, 1.54) is 21.3 Å². The summed E-state index contributed by atoms with van der Waals surface area (Å²) in [5.74, 6) is 1.62. The second-order valence-corrected chi connectivity index (χ2v) is 6.45. The maximum absolute atomic E-state index is 12.4. The van der Waals surface area contributed by atoms with Crippen molar-refractivity contribution in [3.8, 4) is 28.6 Å². The summed E-state index contributed by atoms with van der Waals surface area (Å²) in [5, 5.41) is 7.15. The summed E-state index contributed by atoms with van der Waals surface area (Å²) in [5.41, 5.74) is 0.976. The van der Waals surface area contributed by atoms with Crippen LogP contribution in [0.1, 0.15) is 29.2 Å². The van der Waals surface area contributed by atoms with Gasteiger partial charge in [0.05, 0.1) is 31.9 Å². The van der Waals surface area contributed by atoms with E-state index in [0.717, 1.165) is 0 Å². The molecule has 1 amide bonds. The van der Waals surface area contributed by atoms with E-state index in [9.17, 15) is 4.79 Å². The van der Waals surface area contributed by atoms with Crippen LogP contribution in [-0.2, 0) is 0 Å². The quantitative estimate of drug-likeness (QED) is 0.622. The summed E-state index contributed by atoms with van der Waals surface area (Å²) >= 11 is 6.07. The number of rotatable bonds is 7. The van der Waals surface area contributed by atoms with E-state index in [1.54, 1.807) is 43.3 Å². The highest BCUT2D eigenvalue weighted by atomic mass is 35.5. The Kier molecular flexibility index (Phi) is 6.23. The molecule has 8 nitrogen and oxygen atoms in total. The number of amides is 1. The smallest absolute Gasteiger partial charge is 0.253 e. The van der Waals surface area contributed by atoms with E-state index in [1.807, 2.05) is 0 Å². The molecule has 0 aliphatic heterocycles. The molecule has 0 unspecified atom stereocenters. The number of carbonyl (C=O) groups excluding carboxylic acids is 1. The van der Waals surface area contributed by atoms with E-state index in [-0.39, 0.29) is 11.8 Å². The van der Waals surface area contributed by atoms with Crippen molar-refractivity contribution in [3.63, 3.8) is 0 Å². The van der Waals surface area contributed by atoms with Crippen LogP contribution < -0.4 is 19.5 Å². The van der Waals surface area contributed by atoms with Crippen molar-refractivity contribution in [2.24, 2.45) is 0 Å². The van der Waals surface area contributed by atoms with Crippen LogP contribution in [0, 0.1) is 0 Å². The number of halogens is 1. The van der Waals surface area contributed by atoms with Crippen molar-refractivity contribution in [2.45, 2.75) is 13.0 Å². The van der Waals surface area contributed by atoms with Crippen LogP contribution in [-0.4, -0.2) is 37.4 Å². The highest BCUT2D eigenvalue weighted by Gasteiger charge is 2.21. The molecule has 1 N–H and O–H groups in total. The fourth-order valence-corrected chi connectivity index (χ4v) is 2.94. The van der Waals surface area contributed by atoms with Gasteiger partial charge < -0.3 is 24.1 Å². The second kappa shape index (κ2) is 8.83. The molecule has 0 aliphatic carbocycles. The van der Waals surface area contributed by atoms with Crippen LogP contribution in [0.15, 0.2) is 40.9 Å². The van der Waals surface area contributed by atoms with Crippen molar-refractivity contribution in [1.82, 2.24) is 15.5 Å². The lowest BCUT2D eigenvalue weighted by Gasteiger charge is -2.12. The number of methoxy groups -OCH3 is 3. The molecule has 0 saturated heterocycles. The zero-order chi connectivity index (χ0) is 21.0. The monoisotopic (exact) mass is 417 g/mol. The van der Waals surface area contributed by atoms with Crippen LogP contribution in [0.3, 0.4) is 0 Å². The van der Waals surface area contributed by atoms with Crippen LogP contribution >= 0.6 is 11.6 Å². The van der Waals surface area contributed by atoms with E-state index >= 15 is 0 Å². The first-order valence-electron chi connectivity index (χ1n) is 8.67. The number of hydrogen-bond acceptors (Lipinski definition) is 7. The van der Waals surface area contributed by atoms with Crippen molar-refractivity contribution in [1.29, 1.82) is 0 Å². The van der Waals surface area contributed by atoms with Gasteiger partial charge in [0, 0.05) is 5.56 Å². The molecule has 29 heavy (non-hydrogen) atoms. The Morgan fingerprint density at radius 2 is 1.76 bits per heavy atom. The first-order valence-corrected chi connectivity index (χ1v) is 9.05. The largest absolute Gasteiger partial charge is 0.493 e. The van der Waals surface area contributed by atoms with Crippen LogP contribution in [0.4, 0.5) is 0 Å². The summed E-state index contributed by atoms with van der Waals surface area (Å²) < 4.78 is 21.3. The lowest BCUT2D eigenvalue weighted by molar-refractivity contribution is 0.0932. The third-order valence-corrected chi connectivity index (χ3v) is 4.53. The van der Waals surface area contributed by atoms with Gasteiger partial charge in [0.1, 0.15) is 6.04 Å². The molecule has 0 aliphatic rings. The first-order chi connectivity index (χ1) is 14.0. The number of nitrogens with one attached hydrogen (secondary N) is 1. The maximum Gasteiger partial charge on any atom is 0.253 e. The molecule has 3 aromatic rings. The maximum atomic E-state index is 12.4. The van der Waals surface area contributed by atoms with Crippen molar-refractivity contribution < 1.29 is 23.5 Å². The van der Waals surface area contributed by atoms with Gasteiger partial charge in [-0.1, -0.05) is 28.9 Å². The fraction of sp³-hybridized carbons (Fsp3) is 0.250. The van der Waals surface area contributed by atoms with E-state index in [2.05, 4.69) is 15.5 Å². The minimum Gasteiger partial charge on any atom is -0.493 e. The highest BCUT2D eigenvalue weighted by molar-refractivity contribution is 6.33. The van der Waals surface area contributed by atoms with Gasteiger partial charge in [0.2, 0.25) is 17.5 Å². The van der Waals surface area contributed by atoms with Crippen LogP contribution in [0.2, 0.25) is 5.02 Å². The second-order valence-electron chi connectivity index (χ2n) is 6.05. The molecule has 1 atom stereocenters. The Hall–Kier alpha value is -3.26. The summed E-state index contributed by atoms with van der Waals surface area (Å²) in [6.07, 6.45) is 0. The predicted molar refractivity (Wildman–Crippen MR) is 107 cm³/mol. The van der Waals surface area contributed by atoms with Crippen LogP contribution in [0.25, 0.3) is 11.4 Å². The number of aromatic nitrogens is 2. The average Bonchev–Trinajstić information content (AvgIpc) is 3.23. The van der Waals surface area contributed by atoms with E-state index in [4.69, 9.17) is 30.3 Å². The van der Waals surface area contributed by atoms with Crippen molar-refractivity contribution >= 4 is 17.5 Å². The minimum absolute atomic E-state index is 0.245. The Labute approximate surface area is 172 Å². The minimum atomic E-state index is -0.526. The van der Waals surface area contributed by atoms with Gasteiger partial charge >= 0.3 is 0 Å². The molecule has 0 fully saturated rings. The van der Waals surface area contributed by atoms with Gasteiger partial charge in [-0.25, -0.2) is 0 Å². The number of hydrogen-bond donors (Lipinski definition) is 1. The number of benzene rings is 2. The summed E-state index contributed by atoms with van der Waals surface area (Å²) in [6, 6.07) is 9.68. The third kappa shape index (κ3) is 4.27. The molecule has 0 saturated carbocycles. The zero-order valence-electron chi connectivity index (χ0n) is 16.4. The molecule has 1 heterocycles. The number of nitrogens with zero attached hydrogens (tertiary/aromatic N) is 2. The Morgan fingerprint density at radius 3 is 2.34 bits per heavy atom. The number of carbonyl (C=O) groups is 1. The standard InChI is InChI=1S/C20H20ClN3O5/c1-11(22-19(25)13-7-5-6-8-14(13)21)20-23-18(24-29-20)12-9-15(26-2)17(28-4)16(10-12)27-3/h5-11H,1-4H3,(H,22,25)/t11-/m0/s1. The zero-order valence-corrected chi connectivity index (χ0v) is 17.1. The van der Waals surface area contributed by atoms with E-state index in [0.29, 0.717) is 39.2 Å². The Bertz CT molecular complexity index is 996. The molecule has 152 valence electrons.